The van der Waals surface area contributed by atoms with Crippen LogP contribution in [0.15, 0.2) is 24.3 Å². The number of thiazole rings is 1. The number of amides is 1. The number of anilines is 1. The van der Waals surface area contributed by atoms with Gasteiger partial charge in [-0.1, -0.05) is 35.3 Å². The van der Waals surface area contributed by atoms with E-state index in [-0.39, 0.29) is 5.91 Å². The van der Waals surface area contributed by atoms with Crippen molar-refractivity contribution in [1.29, 1.82) is 0 Å². The van der Waals surface area contributed by atoms with E-state index in [1.807, 2.05) is 38.1 Å². The van der Waals surface area contributed by atoms with Crippen LogP contribution >= 0.6 is 34.5 Å². The highest BCUT2D eigenvalue weighted by Gasteiger charge is 2.21. The van der Waals surface area contributed by atoms with Crippen molar-refractivity contribution in [3.8, 4) is 11.3 Å². The standard InChI is InChI=1S/C17H16Cl2N4OS/c1-4-23-15(19)13(9(2)22-23)16(24)21-17-20-14(10(3)25-17)11-5-7-12(18)8-6-11/h5-8H,4H2,1-3H3,(H,20,21,24). The van der Waals surface area contributed by atoms with Crippen molar-refractivity contribution in [2.45, 2.75) is 27.3 Å². The molecule has 0 fully saturated rings. The maximum atomic E-state index is 12.6. The minimum Gasteiger partial charge on any atom is -0.298 e. The normalized spacial score (nSPS) is 10.9. The van der Waals surface area contributed by atoms with Crippen molar-refractivity contribution in [2.24, 2.45) is 0 Å². The number of aromatic nitrogens is 3. The fraction of sp³-hybridized carbons (Fsp3) is 0.235. The Hall–Kier alpha value is -1.89. The Morgan fingerprint density at radius 1 is 1.24 bits per heavy atom. The molecule has 1 amide bonds. The number of carbonyl (C=O) groups excluding carboxylic acids is 1. The molecule has 5 nitrogen and oxygen atoms in total. The van der Waals surface area contributed by atoms with E-state index in [9.17, 15) is 4.79 Å². The minimum atomic E-state index is -0.307. The molecule has 1 N–H and O–H groups in total. The zero-order valence-electron chi connectivity index (χ0n) is 13.9. The number of benzene rings is 1. The van der Waals surface area contributed by atoms with Crippen molar-refractivity contribution in [1.82, 2.24) is 14.8 Å². The topological polar surface area (TPSA) is 59.8 Å². The number of carbonyl (C=O) groups is 1. The molecule has 0 saturated heterocycles. The van der Waals surface area contributed by atoms with Crippen LogP contribution in [0.3, 0.4) is 0 Å². The van der Waals surface area contributed by atoms with E-state index in [0.717, 1.165) is 16.1 Å². The molecule has 2 heterocycles. The van der Waals surface area contributed by atoms with Gasteiger partial charge in [-0.05, 0) is 32.9 Å². The predicted molar refractivity (Wildman–Crippen MR) is 103 cm³/mol. The molecule has 2 aromatic heterocycles. The second kappa shape index (κ2) is 7.15. The van der Waals surface area contributed by atoms with Gasteiger partial charge in [-0.3, -0.25) is 14.8 Å². The molecule has 130 valence electrons. The van der Waals surface area contributed by atoms with E-state index < -0.39 is 0 Å². The lowest BCUT2D eigenvalue weighted by Crippen LogP contribution is -2.13. The van der Waals surface area contributed by atoms with Crippen LogP contribution in [-0.2, 0) is 6.54 Å². The third-order valence-electron chi connectivity index (χ3n) is 3.73. The second-order valence-corrected chi connectivity index (χ2v) is 7.45. The Bertz CT molecular complexity index is 931. The maximum absolute atomic E-state index is 12.6. The molecular formula is C17H16Cl2N4OS. The summed E-state index contributed by atoms with van der Waals surface area (Å²) in [5.41, 5.74) is 2.75. The number of nitrogens with zero attached hydrogens (tertiary/aromatic N) is 3. The molecule has 0 aliphatic carbocycles. The lowest BCUT2D eigenvalue weighted by Gasteiger charge is -2.02. The Kier molecular flexibility index (Phi) is 5.13. The van der Waals surface area contributed by atoms with Crippen LogP contribution in [0, 0.1) is 13.8 Å². The second-order valence-electron chi connectivity index (χ2n) is 5.45. The van der Waals surface area contributed by atoms with Gasteiger partial charge in [-0.25, -0.2) is 4.98 Å². The van der Waals surface area contributed by atoms with Crippen molar-refractivity contribution < 1.29 is 4.79 Å². The van der Waals surface area contributed by atoms with E-state index in [0.29, 0.717) is 33.1 Å². The average molecular weight is 395 g/mol. The van der Waals surface area contributed by atoms with E-state index in [2.05, 4.69) is 15.4 Å². The van der Waals surface area contributed by atoms with Crippen LogP contribution < -0.4 is 5.32 Å². The van der Waals surface area contributed by atoms with Crippen molar-refractivity contribution in [3.63, 3.8) is 0 Å². The summed E-state index contributed by atoms with van der Waals surface area (Å²) >= 11 is 13.6. The Morgan fingerprint density at radius 3 is 2.52 bits per heavy atom. The quantitative estimate of drug-likeness (QED) is 0.660. The molecule has 0 radical (unpaired) electrons. The molecule has 3 aromatic rings. The van der Waals surface area contributed by atoms with Gasteiger partial charge in [0.25, 0.3) is 5.91 Å². The summed E-state index contributed by atoms with van der Waals surface area (Å²) in [6.45, 7) is 6.25. The highest BCUT2D eigenvalue weighted by atomic mass is 35.5. The van der Waals surface area contributed by atoms with Gasteiger partial charge in [-0.2, -0.15) is 5.10 Å². The molecule has 25 heavy (non-hydrogen) atoms. The summed E-state index contributed by atoms with van der Waals surface area (Å²) in [5.74, 6) is -0.307. The molecule has 1 aromatic carbocycles. The van der Waals surface area contributed by atoms with Crippen LogP contribution in [0.1, 0.15) is 27.9 Å². The molecule has 8 heteroatoms. The fourth-order valence-corrected chi connectivity index (χ4v) is 3.84. The van der Waals surface area contributed by atoms with E-state index in [1.54, 1.807) is 11.6 Å². The van der Waals surface area contributed by atoms with Gasteiger partial charge >= 0.3 is 0 Å². The van der Waals surface area contributed by atoms with E-state index in [1.165, 1.54) is 11.3 Å². The predicted octanol–water partition coefficient (Wildman–Crippen LogP) is 5.20. The average Bonchev–Trinajstić information content (AvgIpc) is 3.07. The third-order valence-corrected chi connectivity index (χ3v) is 5.25. The van der Waals surface area contributed by atoms with Crippen LogP contribution in [0.4, 0.5) is 5.13 Å². The minimum absolute atomic E-state index is 0.307. The smallest absolute Gasteiger partial charge is 0.262 e. The van der Waals surface area contributed by atoms with Crippen LogP contribution in [0.5, 0.6) is 0 Å². The van der Waals surface area contributed by atoms with Crippen LogP contribution in [-0.4, -0.2) is 20.7 Å². The molecule has 0 spiro atoms. The number of rotatable bonds is 4. The Balaban J connectivity index is 1.87. The summed E-state index contributed by atoms with van der Waals surface area (Å²) < 4.78 is 1.60. The largest absolute Gasteiger partial charge is 0.298 e. The summed E-state index contributed by atoms with van der Waals surface area (Å²) in [7, 11) is 0. The Morgan fingerprint density at radius 2 is 1.92 bits per heavy atom. The first-order valence-corrected chi connectivity index (χ1v) is 9.25. The lowest BCUT2D eigenvalue weighted by atomic mass is 10.1. The van der Waals surface area contributed by atoms with Crippen molar-refractivity contribution in [3.05, 3.63) is 50.6 Å². The highest BCUT2D eigenvalue weighted by Crippen LogP contribution is 2.31. The maximum Gasteiger partial charge on any atom is 0.262 e. The first-order valence-electron chi connectivity index (χ1n) is 7.68. The van der Waals surface area contributed by atoms with Crippen molar-refractivity contribution >= 4 is 45.6 Å². The number of aryl methyl sites for hydroxylation is 3. The summed E-state index contributed by atoms with van der Waals surface area (Å²) in [6, 6.07) is 7.44. The van der Waals surface area contributed by atoms with Gasteiger partial charge in [-0.15, -0.1) is 11.3 Å². The number of halogens is 2. The van der Waals surface area contributed by atoms with Crippen LogP contribution in [0.2, 0.25) is 10.2 Å². The third kappa shape index (κ3) is 3.56. The zero-order chi connectivity index (χ0) is 18.1. The molecular weight excluding hydrogens is 379 g/mol. The zero-order valence-corrected chi connectivity index (χ0v) is 16.3. The number of nitrogens with one attached hydrogen (secondary N) is 1. The lowest BCUT2D eigenvalue weighted by molar-refractivity contribution is 0.102. The molecule has 0 bridgehead atoms. The van der Waals surface area contributed by atoms with Crippen molar-refractivity contribution in [2.75, 3.05) is 5.32 Å². The molecule has 3 rings (SSSR count). The summed E-state index contributed by atoms with van der Waals surface area (Å²) in [5, 5.41) is 8.62. The summed E-state index contributed by atoms with van der Waals surface area (Å²) in [4.78, 5) is 18.1. The number of hydrogen-bond acceptors (Lipinski definition) is 4. The molecule has 0 aliphatic rings. The van der Waals surface area contributed by atoms with Gasteiger partial charge in [0.15, 0.2) is 5.13 Å². The van der Waals surface area contributed by atoms with Gasteiger partial charge in [0.1, 0.15) is 5.15 Å². The summed E-state index contributed by atoms with van der Waals surface area (Å²) in [6.07, 6.45) is 0. The first-order chi connectivity index (χ1) is 11.9. The highest BCUT2D eigenvalue weighted by molar-refractivity contribution is 7.16. The number of hydrogen-bond donors (Lipinski definition) is 1. The van der Waals surface area contributed by atoms with E-state index >= 15 is 0 Å². The van der Waals surface area contributed by atoms with Gasteiger partial charge in [0.05, 0.1) is 17.0 Å². The molecule has 0 saturated carbocycles. The monoisotopic (exact) mass is 394 g/mol. The fourth-order valence-electron chi connectivity index (χ4n) is 2.51. The van der Waals surface area contributed by atoms with E-state index in [4.69, 9.17) is 23.2 Å². The molecule has 0 unspecified atom stereocenters. The SMILES string of the molecule is CCn1nc(C)c(C(=O)Nc2nc(-c3ccc(Cl)cc3)c(C)s2)c1Cl. The first kappa shape index (κ1) is 17.9. The van der Waals surface area contributed by atoms with Gasteiger partial charge < -0.3 is 0 Å². The molecule has 0 atom stereocenters. The Labute approximate surface area is 159 Å². The van der Waals surface area contributed by atoms with Gasteiger partial charge in [0.2, 0.25) is 0 Å². The molecule has 0 aliphatic heterocycles. The van der Waals surface area contributed by atoms with Crippen LogP contribution in [0.25, 0.3) is 11.3 Å². The van der Waals surface area contributed by atoms with Gasteiger partial charge in [0, 0.05) is 22.0 Å².